The van der Waals surface area contributed by atoms with Gasteiger partial charge in [0.25, 0.3) is 10.0 Å². The van der Waals surface area contributed by atoms with Crippen molar-refractivity contribution in [3.63, 3.8) is 0 Å². The highest BCUT2D eigenvalue weighted by Gasteiger charge is 2.19. The molecule has 0 saturated heterocycles. The Hall–Kier alpha value is -0.830. The van der Waals surface area contributed by atoms with Crippen LogP contribution >= 0.6 is 22.9 Å². The van der Waals surface area contributed by atoms with E-state index in [1.54, 1.807) is 11.8 Å². The number of rotatable bonds is 4. The van der Waals surface area contributed by atoms with Crippen LogP contribution in [0.15, 0.2) is 16.3 Å². The minimum atomic E-state index is -3.89. The molecule has 9 heteroatoms. The zero-order chi connectivity index (χ0) is 12.2. The average molecular weight is 286 g/mol. The first kappa shape index (κ1) is 13.2. The number of hydrogen-bond donors (Lipinski definition) is 1. The van der Waals surface area contributed by atoms with Crippen molar-refractivity contribution in [3.05, 3.63) is 16.5 Å². The average Bonchev–Trinajstić information content (AvgIpc) is 2.63. The van der Waals surface area contributed by atoms with E-state index >= 15 is 0 Å². The van der Waals surface area contributed by atoms with Gasteiger partial charge in [-0.2, -0.15) is 0 Å². The summed E-state index contributed by atoms with van der Waals surface area (Å²) in [6, 6.07) is 2.72. The molecule has 0 aromatic carbocycles. The zero-order valence-corrected chi connectivity index (χ0v) is 10.5. The molecule has 16 heavy (non-hydrogen) atoms. The van der Waals surface area contributed by atoms with Crippen LogP contribution in [0.2, 0.25) is 4.34 Å². The summed E-state index contributed by atoms with van der Waals surface area (Å²) in [6.45, 7) is 1.65. The maximum atomic E-state index is 11.5. The van der Waals surface area contributed by atoms with Gasteiger partial charge < -0.3 is 9.57 Å². The van der Waals surface area contributed by atoms with E-state index in [9.17, 15) is 13.2 Å². The van der Waals surface area contributed by atoms with Crippen molar-refractivity contribution < 1.29 is 22.8 Å². The summed E-state index contributed by atoms with van der Waals surface area (Å²) in [5, 5.41) is 0. The van der Waals surface area contributed by atoms with Crippen LogP contribution in [-0.4, -0.2) is 21.2 Å². The molecule has 0 fully saturated rings. The smallest absolute Gasteiger partial charge is 0.433 e. The largest absolute Gasteiger partial charge is 0.528 e. The second-order valence-corrected chi connectivity index (χ2v) is 6.02. The van der Waals surface area contributed by atoms with Crippen molar-refractivity contribution in [1.82, 2.24) is 4.89 Å². The Labute approximate surface area is 101 Å². The SMILES string of the molecule is CCOC(=O)ONS(=O)(=O)c1ccc(Cl)s1. The second-order valence-electron chi connectivity index (χ2n) is 2.43. The molecule has 0 unspecified atom stereocenters. The fourth-order valence-electron chi connectivity index (χ4n) is 0.719. The predicted octanol–water partition coefficient (Wildman–Crippen LogP) is 1.77. The van der Waals surface area contributed by atoms with Crippen molar-refractivity contribution in [3.8, 4) is 0 Å². The number of nitrogens with one attached hydrogen (secondary N) is 1. The van der Waals surface area contributed by atoms with E-state index in [2.05, 4.69) is 9.57 Å². The Morgan fingerprint density at radius 2 is 2.25 bits per heavy atom. The first-order chi connectivity index (χ1) is 7.45. The maximum Gasteiger partial charge on any atom is 0.528 e. The molecule has 0 aliphatic heterocycles. The third-order valence-corrected chi connectivity index (χ3v) is 4.21. The van der Waals surface area contributed by atoms with E-state index in [-0.39, 0.29) is 10.8 Å². The number of halogens is 1. The van der Waals surface area contributed by atoms with Gasteiger partial charge in [-0.15, -0.1) is 11.3 Å². The number of carbonyl (C=O) groups excluding carboxylic acids is 1. The molecule has 90 valence electrons. The molecule has 1 rings (SSSR count). The highest BCUT2D eigenvalue weighted by atomic mass is 35.5. The number of thiophene rings is 1. The minimum absolute atomic E-state index is 0.0539. The van der Waals surface area contributed by atoms with Gasteiger partial charge in [0.15, 0.2) is 0 Å². The van der Waals surface area contributed by atoms with Crippen LogP contribution < -0.4 is 4.89 Å². The van der Waals surface area contributed by atoms with Gasteiger partial charge in [-0.1, -0.05) is 11.6 Å². The molecule has 0 atom stereocenters. The van der Waals surface area contributed by atoms with Crippen molar-refractivity contribution in [2.75, 3.05) is 6.61 Å². The molecule has 1 aromatic rings. The zero-order valence-electron chi connectivity index (χ0n) is 8.10. The van der Waals surface area contributed by atoms with Crippen molar-refractivity contribution in [2.24, 2.45) is 0 Å². The van der Waals surface area contributed by atoms with Crippen LogP contribution in [0.25, 0.3) is 0 Å². The Bertz CT molecular complexity index is 469. The molecule has 0 aliphatic carbocycles. The molecule has 1 aromatic heterocycles. The lowest BCUT2D eigenvalue weighted by molar-refractivity contribution is 0.0428. The lowest BCUT2D eigenvalue weighted by Crippen LogP contribution is -2.27. The Kier molecular flexibility index (Phi) is 4.54. The normalized spacial score (nSPS) is 11.1. The third kappa shape index (κ3) is 3.63. The fraction of sp³-hybridized carbons (Fsp3) is 0.286. The van der Waals surface area contributed by atoms with E-state index < -0.39 is 16.2 Å². The van der Waals surface area contributed by atoms with E-state index in [1.165, 1.54) is 12.1 Å². The number of carbonyl (C=O) groups is 1. The molecule has 0 bridgehead atoms. The molecular formula is C7H8ClNO5S2. The highest BCUT2D eigenvalue weighted by molar-refractivity contribution is 7.91. The lowest BCUT2D eigenvalue weighted by atomic mass is 10.7. The van der Waals surface area contributed by atoms with E-state index in [0.717, 1.165) is 11.3 Å². The number of hydrogen-bond acceptors (Lipinski definition) is 6. The highest BCUT2D eigenvalue weighted by Crippen LogP contribution is 2.25. The van der Waals surface area contributed by atoms with Gasteiger partial charge in [-0.25, -0.2) is 13.2 Å². The van der Waals surface area contributed by atoms with Gasteiger partial charge in [0.2, 0.25) is 0 Å². The van der Waals surface area contributed by atoms with Gasteiger partial charge in [0, 0.05) is 0 Å². The topological polar surface area (TPSA) is 81.7 Å². The standard InChI is InChI=1S/C7H8ClNO5S2/c1-2-13-7(10)14-9-16(11,12)6-4-3-5(8)15-6/h3-4,9H,2H2,1H3. The van der Waals surface area contributed by atoms with Gasteiger partial charge in [-0.05, 0) is 23.9 Å². The molecule has 0 radical (unpaired) electrons. The van der Waals surface area contributed by atoms with Crippen molar-refractivity contribution in [2.45, 2.75) is 11.1 Å². The van der Waals surface area contributed by atoms with Crippen LogP contribution in [-0.2, 0) is 19.6 Å². The molecule has 0 spiro atoms. The van der Waals surface area contributed by atoms with Crippen LogP contribution in [0, 0.1) is 0 Å². The van der Waals surface area contributed by atoms with Crippen LogP contribution in [0.1, 0.15) is 6.92 Å². The Morgan fingerprint density at radius 3 is 2.75 bits per heavy atom. The van der Waals surface area contributed by atoms with E-state index in [1.807, 2.05) is 0 Å². The first-order valence-corrected chi connectivity index (χ1v) is 6.74. The maximum absolute atomic E-state index is 11.5. The molecule has 0 amide bonds. The molecule has 0 saturated carbocycles. The number of ether oxygens (including phenoxy) is 1. The molecule has 1 N–H and O–H groups in total. The summed E-state index contributed by atoms with van der Waals surface area (Å²) in [7, 11) is -3.89. The van der Waals surface area contributed by atoms with Gasteiger partial charge in [0.1, 0.15) is 4.21 Å². The monoisotopic (exact) mass is 285 g/mol. The fourth-order valence-corrected chi connectivity index (χ4v) is 2.95. The van der Waals surface area contributed by atoms with E-state index in [0.29, 0.717) is 4.34 Å². The summed E-state index contributed by atoms with van der Waals surface area (Å²) < 4.78 is 27.6. The lowest BCUT2D eigenvalue weighted by Gasteiger charge is -2.04. The second kappa shape index (κ2) is 5.48. The predicted molar refractivity (Wildman–Crippen MR) is 57.8 cm³/mol. The van der Waals surface area contributed by atoms with Crippen molar-refractivity contribution >= 4 is 39.1 Å². The van der Waals surface area contributed by atoms with E-state index in [4.69, 9.17) is 11.6 Å². The first-order valence-electron chi connectivity index (χ1n) is 4.06. The van der Waals surface area contributed by atoms with Gasteiger partial charge in [-0.3, -0.25) is 0 Å². The Balaban J connectivity index is 2.63. The van der Waals surface area contributed by atoms with Crippen LogP contribution in [0.4, 0.5) is 4.79 Å². The summed E-state index contributed by atoms with van der Waals surface area (Å²) in [6.07, 6.45) is -1.12. The van der Waals surface area contributed by atoms with Crippen LogP contribution in [0.3, 0.4) is 0 Å². The summed E-state index contributed by atoms with van der Waals surface area (Å²) in [4.78, 5) is 16.5. The molecule has 0 aliphatic rings. The third-order valence-electron chi connectivity index (χ3n) is 1.31. The summed E-state index contributed by atoms with van der Waals surface area (Å²) in [5.41, 5.74) is 0. The Morgan fingerprint density at radius 1 is 1.56 bits per heavy atom. The van der Waals surface area contributed by atoms with Crippen LogP contribution in [0.5, 0.6) is 0 Å². The van der Waals surface area contributed by atoms with Crippen molar-refractivity contribution in [1.29, 1.82) is 0 Å². The minimum Gasteiger partial charge on any atom is -0.433 e. The summed E-state index contributed by atoms with van der Waals surface area (Å²) in [5.74, 6) is 0. The summed E-state index contributed by atoms with van der Waals surface area (Å²) >= 11 is 6.42. The molecular weight excluding hydrogens is 278 g/mol. The van der Waals surface area contributed by atoms with Gasteiger partial charge in [0.05, 0.1) is 10.9 Å². The van der Waals surface area contributed by atoms with Gasteiger partial charge >= 0.3 is 6.16 Å². The molecule has 1 heterocycles. The number of sulfonamides is 1. The quantitative estimate of drug-likeness (QED) is 0.673. The molecule has 6 nitrogen and oxygen atoms in total.